The predicted molar refractivity (Wildman–Crippen MR) is 72.2 cm³/mol. The van der Waals surface area contributed by atoms with Crippen LogP contribution in [0.2, 0.25) is 0 Å². The molecule has 2 aromatic rings. The highest BCUT2D eigenvalue weighted by atomic mass is 16.4. The van der Waals surface area contributed by atoms with Crippen molar-refractivity contribution in [3.05, 3.63) is 47.5 Å². The number of H-pyrrole nitrogens is 1. The van der Waals surface area contributed by atoms with Crippen molar-refractivity contribution in [1.82, 2.24) is 20.1 Å². The average molecular weight is 272 g/mol. The molecule has 1 fully saturated rings. The maximum Gasteiger partial charge on any atom is 0.339 e. The quantitative estimate of drug-likeness (QED) is 0.887. The molecule has 2 N–H and O–H groups in total. The van der Waals surface area contributed by atoms with Gasteiger partial charge in [0.05, 0.1) is 17.9 Å². The lowest BCUT2D eigenvalue weighted by molar-refractivity contribution is 0.0693. The Balaban J connectivity index is 1.82. The van der Waals surface area contributed by atoms with Gasteiger partial charge in [0.25, 0.3) is 0 Å². The zero-order chi connectivity index (χ0) is 13.9. The summed E-state index contributed by atoms with van der Waals surface area (Å²) in [4.78, 5) is 17.6. The molecule has 1 aliphatic rings. The molecule has 1 saturated heterocycles. The van der Waals surface area contributed by atoms with Crippen LogP contribution in [0.3, 0.4) is 0 Å². The summed E-state index contributed by atoms with van der Waals surface area (Å²) in [5, 5.41) is 15.9. The number of likely N-dealkylation sites (tertiary alicyclic amines) is 1. The smallest absolute Gasteiger partial charge is 0.339 e. The Labute approximate surface area is 116 Å². The number of aromatic nitrogens is 3. The fourth-order valence-corrected chi connectivity index (χ4v) is 2.79. The second-order valence-electron chi connectivity index (χ2n) is 4.99. The molecule has 0 saturated carbocycles. The molecular formula is C14H16N4O2. The van der Waals surface area contributed by atoms with Gasteiger partial charge in [-0.15, -0.1) is 0 Å². The van der Waals surface area contributed by atoms with Crippen molar-refractivity contribution in [2.45, 2.75) is 25.4 Å². The van der Waals surface area contributed by atoms with E-state index >= 15 is 0 Å². The van der Waals surface area contributed by atoms with Crippen LogP contribution in [0, 0.1) is 0 Å². The first kappa shape index (κ1) is 12.8. The van der Waals surface area contributed by atoms with E-state index in [0.717, 1.165) is 31.5 Å². The summed E-state index contributed by atoms with van der Waals surface area (Å²) in [7, 11) is 0. The van der Waals surface area contributed by atoms with E-state index in [-0.39, 0.29) is 11.6 Å². The largest absolute Gasteiger partial charge is 0.478 e. The van der Waals surface area contributed by atoms with Gasteiger partial charge in [0.1, 0.15) is 5.56 Å². The fraction of sp³-hybridized carbons (Fsp3) is 0.357. The molecule has 6 heteroatoms. The van der Waals surface area contributed by atoms with E-state index in [4.69, 9.17) is 0 Å². The molecule has 0 aromatic carbocycles. The summed E-state index contributed by atoms with van der Waals surface area (Å²) in [6.45, 7) is 1.73. The van der Waals surface area contributed by atoms with Gasteiger partial charge in [0, 0.05) is 18.9 Å². The van der Waals surface area contributed by atoms with Crippen LogP contribution in [0.15, 0.2) is 30.7 Å². The van der Waals surface area contributed by atoms with Crippen LogP contribution in [0.5, 0.6) is 0 Å². The molecule has 0 bridgehead atoms. The van der Waals surface area contributed by atoms with Crippen LogP contribution in [0.4, 0.5) is 0 Å². The number of hydrogen-bond donors (Lipinski definition) is 2. The van der Waals surface area contributed by atoms with E-state index in [0.29, 0.717) is 5.69 Å². The normalized spacial score (nSPS) is 19.3. The lowest BCUT2D eigenvalue weighted by Crippen LogP contribution is -2.24. The molecule has 20 heavy (non-hydrogen) atoms. The molecule has 104 valence electrons. The maximum atomic E-state index is 11.2. The van der Waals surface area contributed by atoms with E-state index < -0.39 is 5.97 Å². The SMILES string of the molecule is O=C(O)c1cn[nH]c1C1CCCN1Cc1cccnc1. The summed E-state index contributed by atoms with van der Waals surface area (Å²) >= 11 is 0. The molecule has 0 spiro atoms. The van der Waals surface area contributed by atoms with Crippen LogP contribution >= 0.6 is 0 Å². The minimum atomic E-state index is -0.929. The summed E-state index contributed by atoms with van der Waals surface area (Å²) in [6, 6.07) is 4.04. The number of carboxylic acids is 1. The van der Waals surface area contributed by atoms with Crippen LogP contribution in [-0.2, 0) is 6.54 Å². The number of aromatic amines is 1. The Kier molecular flexibility index (Phi) is 3.47. The summed E-state index contributed by atoms with van der Waals surface area (Å²) in [5.74, 6) is -0.929. The first-order valence-corrected chi connectivity index (χ1v) is 6.65. The zero-order valence-electron chi connectivity index (χ0n) is 11.0. The molecule has 3 heterocycles. The first-order valence-electron chi connectivity index (χ1n) is 6.65. The Bertz CT molecular complexity index is 596. The van der Waals surface area contributed by atoms with Crippen molar-refractivity contribution in [2.75, 3.05) is 6.54 Å². The number of hydrogen-bond acceptors (Lipinski definition) is 4. The zero-order valence-corrected chi connectivity index (χ0v) is 11.0. The number of pyridine rings is 1. The number of carbonyl (C=O) groups is 1. The number of nitrogens with one attached hydrogen (secondary N) is 1. The summed E-state index contributed by atoms with van der Waals surface area (Å²) < 4.78 is 0. The van der Waals surface area contributed by atoms with Gasteiger partial charge in [0.2, 0.25) is 0 Å². The Morgan fingerprint density at radius 1 is 1.50 bits per heavy atom. The third-order valence-corrected chi connectivity index (χ3v) is 3.70. The number of rotatable bonds is 4. The standard InChI is InChI=1S/C14H16N4O2/c19-14(20)11-8-16-17-13(11)12-4-2-6-18(12)9-10-3-1-5-15-7-10/h1,3,5,7-8,12H,2,4,6,9H2,(H,16,17)(H,19,20). The lowest BCUT2D eigenvalue weighted by Gasteiger charge is -2.23. The van der Waals surface area contributed by atoms with Gasteiger partial charge in [-0.1, -0.05) is 6.07 Å². The monoisotopic (exact) mass is 272 g/mol. The summed E-state index contributed by atoms with van der Waals surface area (Å²) in [5.41, 5.74) is 2.11. The van der Waals surface area contributed by atoms with Crippen molar-refractivity contribution in [3.63, 3.8) is 0 Å². The maximum absolute atomic E-state index is 11.2. The van der Waals surface area contributed by atoms with E-state index in [9.17, 15) is 9.90 Å². The summed E-state index contributed by atoms with van der Waals surface area (Å²) in [6.07, 6.45) is 6.99. The van der Waals surface area contributed by atoms with Gasteiger partial charge in [-0.3, -0.25) is 15.0 Å². The Morgan fingerprint density at radius 2 is 2.40 bits per heavy atom. The van der Waals surface area contributed by atoms with Gasteiger partial charge in [0.15, 0.2) is 0 Å². The molecule has 0 radical (unpaired) electrons. The van der Waals surface area contributed by atoms with Gasteiger partial charge in [-0.2, -0.15) is 5.10 Å². The van der Waals surface area contributed by atoms with Gasteiger partial charge in [-0.05, 0) is 31.0 Å². The molecule has 3 rings (SSSR count). The van der Waals surface area contributed by atoms with Crippen LogP contribution in [-0.4, -0.2) is 37.7 Å². The van der Waals surface area contributed by atoms with E-state index in [1.54, 1.807) is 6.20 Å². The molecule has 0 amide bonds. The third-order valence-electron chi connectivity index (χ3n) is 3.70. The molecule has 1 atom stereocenters. The topological polar surface area (TPSA) is 82.1 Å². The van der Waals surface area contributed by atoms with Crippen molar-refractivity contribution in [1.29, 1.82) is 0 Å². The Hall–Kier alpha value is -2.21. The van der Waals surface area contributed by atoms with Crippen molar-refractivity contribution in [3.8, 4) is 0 Å². The minimum absolute atomic E-state index is 0.0869. The second kappa shape index (κ2) is 5.42. The highest BCUT2D eigenvalue weighted by Gasteiger charge is 2.30. The van der Waals surface area contributed by atoms with Crippen molar-refractivity contribution >= 4 is 5.97 Å². The minimum Gasteiger partial charge on any atom is -0.478 e. The van der Waals surface area contributed by atoms with Crippen molar-refractivity contribution < 1.29 is 9.90 Å². The Morgan fingerprint density at radius 3 is 3.15 bits per heavy atom. The van der Waals surface area contributed by atoms with Gasteiger partial charge < -0.3 is 5.11 Å². The van der Waals surface area contributed by atoms with Crippen LogP contribution in [0.25, 0.3) is 0 Å². The van der Waals surface area contributed by atoms with E-state index in [1.165, 1.54) is 6.20 Å². The number of nitrogens with zero attached hydrogens (tertiary/aromatic N) is 3. The second-order valence-corrected chi connectivity index (χ2v) is 4.99. The number of aromatic carboxylic acids is 1. The number of carboxylic acid groups (broad SMARTS) is 1. The fourth-order valence-electron chi connectivity index (χ4n) is 2.79. The van der Waals surface area contributed by atoms with Crippen LogP contribution in [0.1, 0.15) is 40.5 Å². The van der Waals surface area contributed by atoms with Crippen LogP contribution < -0.4 is 0 Å². The molecule has 2 aromatic heterocycles. The van der Waals surface area contributed by atoms with E-state index in [1.807, 2.05) is 18.3 Å². The van der Waals surface area contributed by atoms with Gasteiger partial charge >= 0.3 is 5.97 Å². The van der Waals surface area contributed by atoms with Gasteiger partial charge in [-0.25, -0.2) is 4.79 Å². The molecule has 1 aliphatic heterocycles. The van der Waals surface area contributed by atoms with Crippen molar-refractivity contribution in [2.24, 2.45) is 0 Å². The lowest BCUT2D eigenvalue weighted by atomic mass is 10.1. The predicted octanol–water partition coefficient (Wildman–Crippen LogP) is 1.84. The average Bonchev–Trinajstić information content (AvgIpc) is 3.07. The molecular weight excluding hydrogens is 256 g/mol. The molecule has 6 nitrogen and oxygen atoms in total. The van der Waals surface area contributed by atoms with E-state index in [2.05, 4.69) is 20.1 Å². The third kappa shape index (κ3) is 2.42. The molecule has 0 aliphatic carbocycles. The molecule has 1 unspecified atom stereocenters. The first-order chi connectivity index (χ1) is 9.75. The highest BCUT2D eigenvalue weighted by Crippen LogP contribution is 2.33. The highest BCUT2D eigenvalue weighted by molar-refractivity contribution is 5.88.